The molecule has 2 N–H and O–H groups in total. The molecule has 1 aromatic rings. The van der Waals surface area contributed by atoms with Crippen molar-refractivity contribution in [2.75, 3.05) is 59.9 Å². The molecule has 1 heterocycles. The third-order valence-electron chi connectivity index (χ3n) is 5.19. The van der Waals surface area contributed by atoms with Gasteiger partial charge in [0, 0.05) is 44.3 Å². The Labute approximate surface area is 184 Å². The second-order valence-electron chi connectivity index (χ2n) is 8.29. The van der Waals surface area contributed by atoms with Crippen molar-refractivity contribution >= 4 is 11.9 Å². The van der Waals surface area contributed by atoms with E-state index in [4.69, 9.17) is 4.99 Å². The van der Waals surface area contributed by atoms with Gasteiger partial charge in [-0.2, -0.15) is 0 Å². The fourth-order valence-corrected chi connectivity index (χ4v) is 3.63. The molecule has 1 atom stereocenters. The van der Waals surface area contributed by atoms with E-state index in [9.17, 15) is 13.6 Å². The van der Waals surface area contributed by atoms with Gasteiger partial charge >= 0.3 is 0 Å². The SMILES string of the molecule is CCNC(=NCC(c1c(F)cccc1F)N(C)C)N1CCN(CC(=O)NC(C)C)CC1. The number of nitrogens with one attached hydrogen (secondary N) is 2. The van der Waals surface area contributed by atoms with Crippen molar-refractivity contribution in [2.45, 2.75) is 32.9 Å². The zero-order chi connectivity index (χ0) is 23.0. The molecule has 1 fully saturated rings. The third-order valence-corrected chi connectivity index (χ3v) is 5.19. The van der Waals surface area contributed by atoms with E-state index < -0.39 is 17.7 Å². The van der Waals surface area contributed by atoms with Crippen LogP contribution >= 0.6 is 0 Å². The molecule has 174 valence electrons. The van der Waals surface area contributed by atoms with Gasteiger partial charge in [0.25, 0.3) is 0 Å². The number of rotatable bonds is 8. The highest BCUT2D eigenvalue weighted by molar-refractivity contribution is 5.80. The first-order valence-corrected chi connectivity index (χ1v) is 10.9. The van der Waals surface area contributed by atoms with Crippen LogP contribution in [0.1, 0.15) is 32.4 Å². The van der Waals surface area contributed by atoms with E-state index in [1.54, 1.807) is 19.0 Å². The Hall–Kier alpha value is -2.26. The lowest BCUT2D eigenvalue weighted by atomic mass is 10.0. The quantitative estimate of drug-likeness (QED) is 0.478. The summed E-state index contributed by atoms with van der Waals surface area (Å²) in [6.07, 6.45) is 0. The van der Waals surface area contributed by atoms with Crippen LogP contribution in [0.25, 0.3) is 0 Å². The molecular formula is C22H36F2N6O. The van der Waals surface area contributed by atoms with Gasteiger partial charge in [0.05, 0.1) is 19.1 Å². The summed E-state index contributed by atoms with van der Waals surface area (Å²) in [7, 11) is 3.58. The standard InChI is InChI=1S/C22H36F2N6O/c1-6-25-22(30-12-10-29(11-13-30)15-20(31)27-16(2)3)26-14-19(28(4)5)21-17(23)8-7-9-18(21)24/h7-9,16,19H,6,10-15H2,1-5H3,(H,25,26)(H,27,31). The number of hydrogen-bond donors (Lipinski definition) is 2. The molecule has 1 aliphatic heterocycles. The molecule has 31 heavy (non-hydrogen) atoms. The molecule has 1 aromatic carbocycles. The van der Waals surface area contributed by atoms with E-state index in [1.165, 1.54) is 18.2 Å². The number of piperazine rings is 1. The summed E-state index contributed by atoms with van der Waals surface area (Å²) in [6, 6.07) is 3.53. The number of carbonyl (C=O) groups excluding carboxylic acids is 1. The van der Waals surface area contributed by atoms with Crippen LogP contribution in [-0.2, 0) is 4.79 Å². The third kappa shape index (κ3) is 7.43. The first-order valence-electron chi connectivity index (χ1n) is 10.9. The molecule has 1 aliphatic rings. The predicted molar refractivity (Wildman–Crippen MR) is 120 cm³/mol. The Morgan fingerprint density at radius 3 is 2.29 bits per heavy atom. The minimum absolute atomic E-state index is 0.0322. The number of hydrogen-bond acceptors (Lipinski definition) is 4. The zero-order valence-electron chi connectivity index (χ0n) is 19.3. The Balaban J connectivity index is 2.05. The maximum atomic E-state index is 14.3. The van der Waals surface area contributed by atoms with E-state index in [0.29, 0.717) is 13.1 Å². The summed E-state index contributed by atoms with van der Waals surface area (Å²) in [5.41, 5.74) is 0.0353. The van der Waals surface area contributed by atoms with Gasteiger partial charge in [-0.25, -0.2) is 8.78 Å². The van der Waals surface area contributed by atoms with Gasteiger partial charge in [-0.3, -0.25) is 14.7 Å². The lowest BCUT2D eigenvalue weighted by molar-refractivity contribution is -0.123. The highest BCUT2D eigenvalue weighted by Crippen LogP contribution is 2.25. The summed E-state index contributed by atoms with van der Waals surface area (Å²) in [6.45, 7) is 10.1. The predicted octanol–water partition coefficient (Wildman–Crippen LogP) is 1.68. The molecule has 2 rings (SSSR count). The van der Waals surface area contributed by atoms with Gasteiger partial charge in [-0.15, -0.1) is 0 Å². The van der Waals surface area contributed by atoms with Crippen LogP contribution in [0.5, 0.6) is 0 Å². The summed E-state index contributed by atoms with van der Waals surface area (Å²) in [5.74, 6) is -0.374. The van der Waals surface area contributed by atoms with Crippen LogP contribution in [0.15, 0.2) is 23.2 Å². The van der Waals surface area contributed by atoms with E-state index in [-0.39, 0.29) is 24.1 Å². The Bertz CT molecular complexity index is 727. The van der Waals surface area contributed by atoms with Crippen molar-refractivity contribution in [2.24, 2.45) is 4.99 Å². The molecule has 7 nitrogen and oxygen atoms in total. The lowest BCUT2D eigenvalue weighted by Gasteiger charge is -2.36. The number of guanidine groups is 1. The highest BCUT2D eigenvalue weighted by atomic mass is 19.1. The van der Waals surface area contributed by atoms with Crippen molar-refractivity contribution < 1.29 is 13.6 Å². The van der Waals surface area contributed by atoms with Crippen molar-refractivity contribution in [1.29, 1.82) is 0 Å². The lowest BCUT2D eigenvalue weighted by Crippen LogP contribution is -2.54. The molecule has 0 aliphatic carbocycles. The molecule has 1 saturated heterocycles. The summed E-state index contributed by atoms with van der Waals surface area (Å²) < 4.78 is 28.7. The van der Waals surface area contributed by atoms with Gasteiger partial charge in [0.15, 0.2) is 5.96 Å². The normalized spacial score (nSPS) is 16.7. The van der Waals surface area contributed by atoms with Crippen molar-refractivity contribution in [1.82, 2.24) is 25.3 Å². The van der Waals surface area contributed by atoms with Gasteiger partial charge in [-0.1, -0.05) is 6.07 Å². The van der Waals surface area contributed by atoms with Gasteiger partial charge < -0.3 is 20.4 Å². The van der Waals surface area contributed by atoms with E-state index in [2.05, 4.69) is 20.4 Å². The molecule has 0 bridgehead atoms. The maximum Gasteiger partial charge on any atom is 0.234 e. The second kappa shape index (κ2) is 12.0. The zero-order valence-corrected chi connectivity index (χ0v) is 19.3. The Kier molecular flexibility index (Phi) is 9.64. The van der Waals surface area contributed by atoms with Crippen LogP contribution < -0.4 is 10.6 Å². The van der Waals surface area contributed by atoms with Crippen molar-refractivity contribution in [3.05, 3.63) is 35.4 Å². The van der Waals surface area contributed by atoms with Crippen molar-refractivity contribution in [3.63, 3.8) is 0 Å². The first kappa shape index (κ1) is 25.0. The van der Waals surface area contributed by atoms with Gasteiger partial charge in [-0.05, 0) is 47.0 Å². The monoisotopic (exact) mass is 438 g/mol. The molecule has 0 aromatic heterocycles. The van der Waals surface area contributed by atoms with Crippen LogP contribution in [0, 0.1) is 11.6 Å². The van der Waals surface area contributed by atoms with E-state index in [0.717, 1.165) is 32.1 Å². The molecule has 1 unspecified atom stereocenters. The maximum absolute atomic E-state index is 14.3. The number of benzene rings is 1. The number of likely N-dealkylation sites (N-methyl/N-ethyl adjacent to an activating group) is 1. The van der Waals surface area contributed by atoms with E-state index in [1.807, 2.05) is 20.8 Å². The van der Waals surface area contributed by atoms with Crippen LogP contribution in [-0.4, -0.2) is 92.5 Å². The number of halogens is 2. The summed E-state index contributed by atoms with van der Waals surface area (Å²) in [5, 5.41) is 6.20. The van der Waals surface area contributed by atoms with Gasteiger partial charge in [0.2, 0.25) is 5.91 Å². The summed E-state index contributed by atoms with van der Waals surface area (Å²) in [4.78, 5) is 22.7. The molecule has 1 amide bonds. The Morgan fingerprint density at radius 2 is 1.77 bits per heavy atom. The topological polar surface area (TPSA) is 63.2 Å². The minimum Gasteiger partial charge on any atom is -0.357 e. The molecule has 0 radical (unpaired) electrons. The highest BCUT2D eigenvalue weighted by Gasteiger charge is 2.24. The number of amides is 1. The minimum atomic E-state index is -0.563. The van der Waals surface area contributed by atoms with Crippen LogP contribution in [0.4, 0.5) is 8.78 Å². The molecular weight excluding hydrogens is 402 g/mol. The largest absolute Gasteiger partial charge is 0.357 e. The van der Waals surface area contributed by atoms with Crippen LogP contribution in [0.3, 0.4) is 0 Å². The average molecular weight is 439 g/mol. The molecule has 0 spiro atoms. The van der Waals surface area contributed by atoms with Crippen molar-refractivity contribution in [3.8, 4) is 0 Å². The molecule has 0 saturated carbocycles. The number of aliphatic imine (C=N–C) groups is 1. The second-order valence-corrected chi connectivity index (χ2v) is 8.29. The smallest absolute Gasteiger partial charge is 0.234 e. The number of nitrogens with zero attached hydrogens (tertiary/aromatic N) is 4. The van der Waals surface area contributed by atoms with E-state index >= 15 is 0 Å². The average Bonchev–Trinajstić information content (AvgIpc) is 2.69. The Morgan fingerprint density at radius 1 is 1.16 bits per heavy atom. The number of carbonyl (C=O) groups is 1. The molecule has 9 heteroatoms. The van der Waals surface area contributed by atoms with Crippen LogP contribution in [0.2, 0.25) is 0 Å². The fraction of sp³-hybridized carbons (Fsp3) is 0.636. The summed E-state index contributed by atoms with van der Waals surface area (Å²) >= 11 is 0. The first-order chi connectivity index (χ1) is 14.7. The van der Waals surface area contributed by atoms with Gasteiger partial charge in [0.1, 0.15) is 11.6 Å². The fourth-order valence-electron chi connectivity index (χ4n) is 3.63.